The average Bonchev–Trinajstić information content (AvgIpc) is 3.38. The number of esters is 1. The Hall–Kier alpha value is -3.10. The summed E-state index contributed by atoms with van der Waals surface area (Å²) in [7, 11) is 0. The number of nitrogens with zero attached hydrogens (tertiary/aromatic N) is 1. The number of amides is 2. The second-order valence-electron chi connectivity index (χ2n) is 7.67. The molecule has 2 heterocycles. The summed E-state index contributed by atoms with van der Waals surface area (Å²) >= 11 is 7.61. The van der Waals surface area contributed by atoms with Gasteiger partial charge in [0.2, 0.25) is 5.78 Å². The molecule has 0 aliphatic rings. The van der Waals surface area contributed by atoms with E-state index in [-0.39, 0.29) is 18.8 Å². The van der Waals surface area contributed by atoms with Gasteiger partial charge in [-0.3, -0.25) is 9.59 Å². The minimum atomic E-state index is -0.770. The first-order chi connectivity index (χ1) is 15.7. The number of aryl methyl sites for hydroxylation is 2. The van der Waals surface area contributed by atoms with Gasteiger partial charge in [-0.1, -0.05) is 29.8 Å². The smallest absolute Gasteiger partial charge is 0.312 e. The Bertz CT molecular complexity index is 1120. The maximum absolute atomic E-state index is 12.7. The van der Waals surface area contributed by atoms with Crippen molar-refractivity contribution in [1.82, 2.24) is 9.88 Å². The second-order valence-corrected chi connectivity index (χ2v) is 9.14. The first-order valence-corrected chi connectivity index (χ1v) is 11.7. The molecule has 0 spiro atoms. The molecule has 1 atom stereocenters. The largest absolute Gasteiger partial charge is 0.457 e. The Morgan fingerprint density at radius 1 is 1.18 bits per heavy atom. The van der Waals surface area contributed by atoms with Crippen LogP contribution in [-0.4, -0.2) is 29.0 Å². The normalized spacial score (nSPS) is 11.7. The number of halogens is 1. The summed E-state index contributed by atoms with van der Waals surface area (Å²) in [5.74, 6) is -0.895. The number of urea groups is 1. The standard InChI is InChI=1S/C24H26ClN3O4S/c1-15-12-20(16(2)28(15)10-9-19-4-3-11-33-19)22(29)14-32-23(30)13-21(27-24(26)31)17-5-7-18(25)8-6-17/h3-8,11-12,21H,9-10,13-14H2,1-2H3,(H3,26,27,31). The first kappa shape index (κ1) is 24.5. The molecular formula is C24H26ClN3O4S. The van der Waals surface area contributed by atoms with Crippen LogP contribution in [0.3, 0.4) is 0 Å². The number of ketones is 1. The molecule has 0 aliphatic heterocycles. The van der Waals surface area contributed by atoms with Crippen LogP contribution in [0.4, 0.5) is 4.79 Å². The van der Waals surface area contributed by atoms with E-state index in [9.17, 15) is 14.4 Å². The van der Waals surface area contributed by atoms with E-state index >= 15 is 0 Å². The number of carbonyl (C=O) groups excluding carboxylic acids is 3. The van der Waals surface area contributed by atoms with E-state index < -0.39 is 18.0 Å². The summed E-state index contributed by atoms with van der Waals surface area (Å²) < 4.78 is 7.32. The van der Waals surface area contributed by atoms with E-state index in [0.29, 0.717) is 16.1 Å². The summed E-state index contributed by atoms with van der Waals surface area (Å²) in [5, 5.41) is 5.09. The van der Waals surface area contributed by atoms with Gasteiger partial charge in [0.05, 0.1) is 12.5 Å². The van der Waals surface area contributed by atoms with Crippen LogP contribution in [0.15, 0.2) is 47.8 Å². The zero-order valence-electron chi connectivity index (χ0n) is 18.5. The fraction of sp³-hybridized carbons (Fsp3) is 0.292. The van der Waals surface area contributed by atoms with Crippen molar-refractivity contribution in [2.75, 3.05) is 6.61 Å². The quantitative estimate of drug-likeness (QED) is 0.322. The van der Waals surface area contributed by atoms with Crippen molar-refractivity contribution in [3.63, 3.8) is 0 Å². The highest BCUT2D eigenvalue weighted by molar-refractivity contribution is 7.09. The Kier molecular flexibility index (Phi) is 8.30. The molecule has 33 heavy (non-hydrogen) atoms. The van der Waals surface area contributed by atoms with Gasteiger partial charge in [0.1, 0.15) is 0 Å². The van der Waals surface area contributed by atoms with Crippen molar-refractivity contribution in [2.45, 2.75) is 39.3 Å². The predicted octanol–water partition coefficient (Wildman–Crippen LogP) is 4.59. The number of hydrogen-bond acceptors (Lipinski definition) is 5. The lowest BCUT2D eigenvalue weighted by Crippen LogP contribution is -2.34. The number of benzene rings is 1. The van der Waals surface area contributed by atoms with Gasteiger partial charge in [0, 0.05) is 33.4 Å². The minimum absolute atomic E-state index is 0.169. The summed E-state index contributed by atoms with van der Waals surface area (Å²) in [6, 6.07) is 11.2. The predicted molar refractivity (Wildman–Crippen MR) is 129 cm³/mol. The second kappa shape index (κ2) is 11.2. The number of ether oxygens (including phenoxy) is 1. The molecule has 2 aromatic heterocycles. The van der Waals surface area contributed by atoms with Crippen LogP contribution in [0.25, 0.3) is 0 Å². The average molecular weight is 488 g/mol. The van der Waals surface area contributed by atoms with Gasteiger partial charge in [-0.15, -0.1) is 11.3 Å². The fourth-order valence-corrected chi connectivity index (χ4v) is 4.50. The van der Waals surface area contributed by atoms with Gasteiger partial charge in [-0.05, 0) is 55.5 Å². The molecule has 174 valence electrons. The van der Waals surface area contributed by atoms with Crippen LogP contribution in [0.2, 0.25) is 5.02 Å². The molecule has 0 aliphatic carbocycles. The minimum Gasteiger partial charge on any atom is -0.457 e. The molecule has 9 heteroatoms. The van der Waals surface area contributed by atoms with Crippen molar-refractivity contribution in [2.24, 2.45) is 5.73 Å². The summed E-state index contributed by atoms with van der Waals surface area (Å²) in [4.78, 5) is 37.8. The number of nitrogens with two attached hydrogens (primary N) is 1. The van der Waals surface area contributed by atoms with Crippen molar-refractivity contribution < 1.29 is 19.1 Å². The number of Topliss-reactive ketones (excluding diaryl/α,β-unsaturated/α-hetero) is 1. The topological polar surface area (TPSA) is 103 Å². The maximum atomic E-state index is 12.7. The van der Waals surface area contributed by atoms with E-state index in [1.807, 2.05) is 31.4 Å². The summed E-state index contributed by atoms with van der Waals surface area (Å²) in [6.45, 7) is 4.24. The third kappa shape index (κ3) is 6.69. The highest BCUT2D eigenvalue weighted by atomic mass is 35.5. The molecular weight excluding hydrogens is 462 g/mol. The molecule has 1 aromatic carbocycles. The molecule has 0 saturated heterocycles. The molecule has 3 aromatic rings. The molecule has 3 rings (SSSR count). The summed E-state index contributed by atoms with van der Waals surface area (Å²) in [6.07, 6.45) is 0.716. The zero-order valence-corrected chi connectivity index (χ0v) is 20.0. The lowest BCUT2D eigenvalue weighted by atomic mass is 10.0. The fourth-order valence-electron chi connectivity index (χ4n) is 3.67. The number of carbonyl (C=O) groups is 3. The van der Waals surface area contributed by atoms with Gasteiger partial charge in [-0.25, -0.2) is 4.79 Å². The van der Waals surface area contributed by atoms with Crippen LogP contribution in [-0.2, 0) is 22.5 Å². The first-order valence-electron chi connectivity index (χ1n) is 10.4. The number of hydrogen-bond donors (Lipinski definition) is 2. The van der Waals surface area contributed by atoms with E-state index in [0.717, 1.165) is 24.4 Å². The third-order valence-corrected chi connectivity index (χ3v) is 6.55. The highest BCUT2D eigenvalue weighted by Crippen LogP contribution is 2.21. The number of aromatic nitrogens is 1. The molecule has 7 nitrogen and oxygen atoms in total. The number of primary amides is 1. The van der Waals surface area contributed by atoms with Gasteiger partial charge in [-0.2, -0.15) is 0 Å². The number of nitrogens with one attached hydrogen (secondary N) is 1. The number of thiophene rings is 1. The Labute approximate surface area is 201 Å². The third-order valence-electron chi connectivity index (χ3n) is 5.36. The molecule has 2 amide bonds. The van der Waals surface area contributed by atoms with Gasteiger partial charge >= 0.3 is 12.0 Å². The Morgan fingerprint density at radius 2 is 1.91 bits per heavy atom. The molecule has 0 saturated carbocycles. The molecule has 0 bridgehead atoms. The van der Waals surface area contributed by atoms with Crippen molar-refractivity contribution in [3.8, 4) is 0 Å². The van der Waals surface area contributed by atoms with E-state index in [1.165, 1.54) is 4.88 Å². The van der Waals surface area contributed by atoms with Crippen LogP contribution < -0.4 is 11.1 Å². The SMILES string of the molecule is Cc1cc(C(=O)COC(=O)CC(NC(N)=O)c2ccc(Cl)cc2)c(C)n1CCc1cccs1. The molecule has 3 N–H and O–H groups in total. The van der Waals surface area contributed by atoms with Crippen molar-refractivity contribution >= 4 is 40.7 Å². The van der Waals surface area contributed by atoms with E-state index in [2.05, 4.69) is 16.0 Å². The lowest BCUT2D eigenvalue weighted by molar-refractivity contribution is -0.143. The monoisotopic (exact) mass is 487 g/mol. The Morgan fingerprint density at radius 3 is 2.55 bits per heavy atom. The van der Waals surface area contributed by atoms with E-state index in [4.69, 9.17) is 22.1 Å². The van der Waals surface area contributed by atoms with Crippen LogP contribution in [0.1, 0.15) is 44.6 Å². The highest BCUT2D eigenvalue weighted by Gasteiger charge is 2.21. The van der Waals surface area contributed by atoms with Crippen molar-refractivity contribution in [1.29, 1.82) is 0 Å². The summed E-state index contributed by atoms with van der Waals surface area (Å²) in [5.41, 5.74) is 8.25. The van der Waals surface area contributed by atoms with E-state index in [1.54, 1.807) is 35.6 Å². The Balaban J connectivity index is 1.60. The molecule has 0 radical (unpaired) electrons. The zero-order chi connectivity index (χ0) is 24.0. The maximum Gasteiger partial charge on any atom is 0.312 e. The van der Waals surface area contributed by atoms with Crippen LogP contribution in [0, 0.1) is 13.8 Å². The van der Waals surface area contributed by atoms with Crippen LogP contribution in [0.5, 0.6) is 0 Å². The van der Waals surface area contributed by atoms with Gasteiger partial charge < -0.3 is 20.4 Å². The van der Waals surface area contributed by atoms with Crippen molar-refractivity contribution in [3.05, 3.63) is 80.3 Å². The number of rotatable bonds is 10. The molecule has 0 fully saturated rings. The molecule has 1 unspecified atom stereocenters. The van der Waals surface area contributed by atoms with Gasteiger partial charge in [0.25, 0.3) is 0 Å². The lowest BCUT2D eigenvalue weighted by Gasteiger charge is -2.17. The van der Waals surface area contributed by atoms with Gasteiger partial charge in [0.15, 0.2) is 6.61 Å². The van der Waals surface area contributed by atoms with Crippen LogP contribution >= 0.6 is 22.9 Å².